The van der Waals surface area contributed by atoms with E-state index in [0.29, 0.717) is 17.1 Å². The van der Waals surface area contributed by atoms with Crippen molar-refractivity contribution in [3.05, 3.63) is 56.5 Å². The third kappa shape index (κ3) is 4.56. The highest BCUT2D eigenvalue weighted by molar-refractivity contribution is 9.11. The Kier molecular flexibility index (Phi) is 6.18. The number of ether oxygens (including phenoxy) is 2. The molecule has 0 unspecified atom stereocenters. The molecule has 120 valence electrons. The van der Waals surface area contributed by atoms with E-state index in [9.17, 15) is 4.79 Å². The molecule has 1 amide bonds. The maximum atomic E-state index is 12.1. The highest BCUT2D eigenvalue weighted by Gasteiger charge is 2.08. The first-order valence-electron chi connectivity index (χ1n) is 6.55. The SMILES string of the molecule is COc1cccc(C(=O)N/N=C/c2cc(Br)cc(Br)c2OC)c1. The molecular weight excluding hydrogens is 428 g/mol. The first-order valence-corrected chi connectivity index (χ1v) is 8.14. The van der Waals surface area contributed by atoms with Crippen molar-refractivity contribution in [3.8, 4) is 11.5 Å². The van der Waals surface area contributed by atoms with Crippen LogP contribution in [0.5, 0.6) is 11.5 Å². The summed E-state index contributed by atoms with van der Waals surface area (Å²) in [4.78, 5) is 12.1. The van der Waals surface area contributed by atoms with Crippen LogP contribution < -0.4 is 14.9 Å². The third-order valence-electron chi connectivity index (χ3n) is 2.94. The van der Waals surface area contributed by atoms with E-state index < -0.39 is 0 Å². The van der Waals surface area contributed by atoms with Crippen molar-refractivity contribution in [2.24, 2.45) is 5.10 Å². The van der Waals surface area contributed by atoms with Gasteiger partial charge in [0.25, 0.3) is 5.91 Å². The largest absolute Gasteiger partial charge is 0.497 e. The molecule has 0 aromatic heterocycles. The number of benzene rings is 2. The first-order chi connectivity index (χ1) is 11.0. The second-order valence-corrected chi connectivity index (χ2v) is 6.21. The van der Waals surface area contributed by atoms with Gasteiger partial charge in [-0.05, 0) is 46.3 Å². The number of hydrogen-bond donors (Lipinski definition) is 1. The fraction of sp³-hybridized carbons (Fsp3) is 0.125. The molecule has 0 saturated heterocycles. The molecule has 0 spiro atoms. The van der Waals surface area contributed by atoms with Gasteiger partial charge in [0.15, 0.2) is 0 Å². The third-order valence-corrected chi connectivity index (χ3v) is 3.99. The molecule has 0 atom stereocenters. The van der Waals surface area contributed by atoms with E-state index >= 15 is 0 Å². The maximum Gasteiger partial charge on any atom is 0.271 e. The van der Waals surface area contributed by atoms with Gasteiger partial charge >= 0.3 is 0 Å². The maximum absolute atomic E-state index is 12.1. The average Bonchev–Trinajstić information content (AvgIpc) is 2.54. The lowest BCUT2D eigenvalue weighted by Gasteiger charge is -2.08. The lowest BCUT2D eigenvalue weighted by molar-refractivity contribution is 0.0955. The van der Waals surface area contributed by atoms with E-state index in [1.165, 1.54) is 6.21 Å². The molecule has 2 aromatic carbocycles. The number of hydrogen-bond acceptors (Lipinski definition) is 4. The Morgan fingerprint density at radius 3 is 2.65 bits per heavy atom. The summed E-state index contributed by atoms with van der Waals surface area (Å²) in [6.45, 7) is 0. The molecule has 7 heteroatoms. The van der Waals surface area contributed by atoms with Crippen LogP contribution in [0, 0.1) is 0 Å². The summed E-state index contributed by atoms with van der Waals surface area (Å²) in [6.07, 6.45) is 1.52. The molecule has 0 aliphatic heterocycles. The zero-order chi connectivity index (χ0) is 16.8. The van der Waals surface area contributed by atoms with E-state index in [2.05, 4.69) is 42.4 Å². The minimum absolute atomic E-state index is 0.326. The highest BCUT2D eigenvalue weighted by atomic mass is 79.9. The minimum atomic E-state index is -0.326. The Hall–Kier alpha value is -1.86. The Bertz CT molecular complexity index is 748. The number of rotatable bonds is 5. The summed E-state index contributed by atoms with van der Waals surface area (Å²) in [5.41, 5.74) is 3.66. The summed E-state index contributed by atoms with van der Waals surface area (Å²) >= 11 is 6.81. The topological polar surface area (TPSA) is 59.9 Å². The van der Waals surface area contributed by atoms with Crippen molar-refractivity contribution in [1.82, 2.24) is 5.43 Å². The van der Waals surface area contributed by atoms with Crippen LogP contribution in [0.1, 0.15) is 15.9 Å². The normalized spacial score (nSPS) is 10.6. The first kappa shape index (κ1) is 17.5. The van der Waals surface area contributed by atoms with Gasteiger partial charge in [-0.2, -0.15) is 5.10 Å². The van der Waals surface area contributed by atoms with Gasteiger partial charge in [-0.1, -0.05) is 22.0 Å². The number of carbonyl (C=O) groups is 1. The van der Waals surface area contributed by atoms with Crippen LogP contribution in [0.15, 0.2) is 50.4 Å². The smallest absolute Gasteiger partial charge is 0.271 e. The van der Waals surface area contributed by atoms with Gasteiger partial charge in [-0.15, -0.1) is 0 Å². The quantitative estimate of drug-likeness (QED) is 0.563. The summed E-state index contributed by atoms with van der Waals surface area (Å²) in [5, 5.41) is 3.98. The van der Waals surface area contributed by atoms with E-state index in [4.69, 9.17) is 9.47 Å². The Morgan fingerprint density at radius 2 is 1.96 bits per heavy atom. The monoisotopic (exact) mass is 440 g/mol. The van der Waals surface area contributed by atoms with Crippen molar-refractivity contribution in [2.45, 2.75) is 0 Å². The number of nitrogens with zero attached hydrogens (tertiary/aromatic N) is 1. The fourth-order valence-electron chi connectivity index (χ4n) is 1.88. The van der Waals surface area contributed by atoms with Gasteiger partial charge in [0, 0.05) is 15.6 Å². The molecule has 0 bridgehead atoms. The number of methoxy groups -OCH3 is 2. The minimum Gasteiger partial charge on any atom is -0.497 e. The molecule has 0 aliphatic rings. The van der Waals surface area contributed by atoms with Gasteiger partial charge in [0.05, 0.1) is 24.9 Å². The van der Waals surface area contributed by atoms with Crippen LogP contribution in [0.3, 0.4) is 0 Å². The number of hydrazone groups is 1. The van der Waals surface area contributed by atoms with Gasteiger partial charge in [-0.3, -0.25) is 4.79 Å². The number of halogens is 2. The van der Waals surface area contributed by atoms with Crippen LogP contribution in [0.2, 0.25) is 0 Å². The summed E-state index contributed by atoms with van der Waals surface area (Å²) < 4.78 is 12.1. The van der Waals surface area contributed by atoms with Crippen LogP contribution in [0.25, 0.3) is 0 Å². The van der Waals surface area contributed by atoms with Crippen LogP contribution in [0.4, 0.5) is 0 Å². The summed E-state index contributed by atoms with van der Waals surface area (Å²) in [7, 11) is 3.12. The van der Waals surface area contributed by atoms with Gasteiger partial charge in [0.1, 0.15) is 11.5 Å². The zero-order valence-electron chi connectivity index (χ0n) is 12.5. The molecule has 5 nitrogen and oxygen atoms in total. The van der Waals surface area contributed by atoms with E-state index in [1.54, 1.807) is 38.5 Å². The fourth-order valence-corrected chi connectivity index (χ4v) is 3.30. The van der Waals surface area contributed by atoms with E-state index in [0.717, 1.165) is 14.5 Å². The summed E-state index contributed by atoms with van der Waals surface area (Å²) in [5.74, 6) is 0.917. The van der Waals surface area contributed by atoms with Crippen LogP contribution >= 0.6 is 31.9 Å². The molecule has 1 N–H and O–H groups in total. The molecule has 2 rings (SSSR count). The second-order valence-electron chi connectivity index (χ2n) is 4.44. The van der Waals surface area contributed by atoms with Crippen molar-refractivity contribution >= 4 is 44.0 Å². The number of carbonyl (C=O) groups excluding carboxylic acids is 1. The standard InChI is InChI=1S/C16H14Br2N2O3/c1-22-13-5-3-4-10(7-13)16(21)20-19-9-11-6-12(17)8-14(18)15(11)23-2/h3-9H,1-2H3,(H,20,21)/b19-9+. The molecule has 0 fully saturated rings. The Balaban J connectivity index is 2.14. The Morgan fingerprint density at radius 1 is 1.17 bits per heavy atom. The van der Waals surface area contributed by atoms with Crippen LogP contribution in [-0.2, 0) is 0 Å². The van der Waals surface area contributed by atoms with Crippen molar-refractivity contribution in [1.29, 1.82) is 0 Å². The van der Waals surface area contributed by atoms with E-state index in [1.807, 2.05) is 12.1 Å². The zero-order valence-corrected chi connectivity index (χ0v) is 15.6. The molecule has 2 aromatic rings. The predicted octanol–water partition coefficient (Wildman–Crippen LogP) is 3.99. The summed E-state index contributed by atoms with van der Waals surface area (Å²) in [6, 6.07) is 10.5. The molecule has 23 heavy (non-hydrogen) atoms. The van der Waals surface area contributed by atoms with Crippen molar-refractivity contribution in [2.75, 3.05) is 14.2 Å². The number of nitrogens with one attached hydrogen (secondary N) is 1. The van der Waals surface area contributed by atoms with Gasteiger partial charge in [-0.25, -0.2) is 5.43 Å². The average molecular weight is 442 g/mol. The van der Waals surface area contributed by atoms with Gasteiger partial charge < -0.3 is 9.47 Å². The van der Waals surface area contributed by atoms with Crippen LogP contribution in [-0.4, -0.2) is 26.3 Å². The van der Waals surface area contributed by atoms with Gasteiger partial charge in [0.2, 0.25) is 0 Å². The predicted molar refractivity (Wildman–Crippen MR) is 96.4 cm³/mol. The molecule has 0 heterocycles. The van der Waals surface area contributed by atoms with Crippen molar-refractivity contribution < 1.29 is 14.3 Å². The molecule has 0 saturated carbocycles. The highest BCUT2D eigenvalue weighted by Crippen LogP contribution is 2.31. The van der Waals surface area contributed by atoms with E-state index in [-0.39, 0.29) is 5.91 Å². The Labute approximate surface area is 150 Å². The lowest BCUT2D eigenvalue weighted by atomic mass is 10.2. The second kappa shape index (κ2) is 8.12. The number of amides is 1. The van der Waals surface area contributed by atoms with Crippen molar-refractivity contribution in [3.63, 3.8) is 0 Å². The lowest BCUT2D eigenvalue weighted by Crippen LogP contribution is -2.17. The molecule has 0 radical (unpaired) electrons. The molecular formula is C16H14Br2N2O3. The molecule has 0 aliphatic carbocycles.